The van der Waals surface area contributed by atoms with Gasteiger partial charge < -0.3 is 15.4 Å². The first-order valence-electron chi connectivity index (χ1n) is 8.19. The first-order valence-corrected chi connectivity index (χ1v) is 8.57. The maximum Gasteiger partial charge on any atom is 0.240 e. The molecule has 0 spiro atoms. The average Bonchev–Trinajstić information content (AvgIpc) is 3.43. The van der Waals surface area contributed by atoms with E-state index in [0.717, 1.165) is 17.7 Å². The summed E-state index contributed by atoms with van der Waals surface area (Å²) in [4.78, 5) is 25.3. The quantitative estimate of drug-likeness (QED) is 0.743. The maximum atomic E-state index is 13.8. The number of benzene rings is 2. The molecule has 1 aliphatic carbocycles. The zero-order chi connectivity index (χ0) is 19.8. The third-order valence-electron chi connectivity index (χ3n) is 4.55. The second kappa shape index (κ2) is 7.15. The van der Waals surface area contributed by atoms with Gasteiger partial charge in [-0.2, -0.15) is 0 Å². The summed E-state index contributed by atoms with van der Waals surface area (Å²) >= 11 is 6.05. The van der Waals surface area contributed by atoms with Crippen molar-refractivity contribution in [2.75, 3.05) is 17.7 Å². The highest BCUT2D eigenvalue weighted by Crippen LogP contribution is 2.48. The molecule has 0 aliphatic heterocycles. The van der Waals surface area contributed by atoms with Crippen LogP contribution in [0.2, 0.25) is 5.02 Å². The number of amides is 2. The number of methoxy groups -OCH3 is 1. The summed E-state index contributed by atoms with van der Waals surface area (Å²) in [6.07, 6.45) is 0.547. The standard InChI is InChI=1S/C19H17ClF2N2O3/c1-10-8-14(15(27-2)9-11(10)20)23-17(25)19(6-7-19)18(26)24-16-12(21)4-3-5-13(16)22/h3-5,8-9H,6-7H2,1-2H3,(H,23,25)(H,24,26). The molecular formula is C19H17ClF2N2O3. The average molecular weight is 395 g/mol. The Bertz CT molecular complexity index is 909. The number of halogens is 3. The van der Waals surface area contributed by atoms with Gasteiger partial charge in [0.2, 0.25) is 11.8 Å². The fraction of sp³-hybridized carbons (Fsp3) is 0.263. The first-order chi connectivity index (χ1) is 12.8. The molecule has 0 unspecified atom stereocenters. The molecular weight excluding hydrogens is 378 g/mol. The molecule has 0 radical (unpaired) electrons. The van der Waals surface area contributed by atoms with Gasteiger partial charge in [0.25, 0.3) is 0 Å². The molecule has 0 atom stereocenters. The Morgan fingerprint density at radius 1 is 1.11 bits per heavy atom. The van der Waals surface area contributed by atoms with E-state index < -0.39 is 34.6 Å². The van der Waals surface area contributed by atoms with Crippen molar-refractivity contribution in [2.24, 2.45) is 5.41 Å². The number of nitrogens with one attached hydrogen (secondary N) is 2. The second-order valence-corrected chi connectivity index (χ2v) is 6.80. The molecule has 1 fully saturated rings. The lowest BCUT2D eigenvalue weighted by atomic mass is 10.0. The van der Waals surface area contributed by atoms with Crippen molar-refractivity contribution in [1.82, 2.24) is 0 Å². The summed E-state index contributed by atoms with van der Waals surface area (Å²) in [5, 5.41) is 5.32. The summed E-state index contributed by atoms with van der Waals surface area (Å²) in [5.41, 5.74) is -0.870. The Kier molecular flexibility index (Phi) is 5.06. The van der Waals surface area contributed by atoms with Crippen LogP contribution in [0.5, 0.6) is 5.75 Å². The Morgan fingerprint density at radius 2 is 1.70 bits per heavy atom. The zero-order valence-corrected chi connectivity index (χ0v) is 15.4. The van der Waals surface area contributed by atoms with Crippen LogP contribution in [0.1, 0.15) is 18.4 Å². The highest BCUT2D eigenvalue weighted by molar-refractivity contribution is 6.31. The molecule has 0 saturated heterocycles. The van der Waals surface area contributed by atoms with E-state index in [1.54, 1.807) is 19.1 Å². The first kappa shape index (κ1) is 19.1. The van der Waals surface area contributed by atoms with Crippen LogP contribution < -0.4 is 15.4 Å². The minimum Gasteiger partial charge on any atom is -0.495 e. The molecule has 27 heavy (non-hydrogen) atoms. The van der Waals surface area contributed by atoms with Crippen LogP contribution in [0, 0.1) is 24.0 Å². The van der Waals surface area contributed by atoms with Gasteiger partial charge in [-0.15, -0.1) is 0 Å². The molecule has 0 aromatic heterocycles. The summed E-state index contributed by atoms with van der Waals surface area (Å²) < 4.78 is 32.7. The van der Waals surface area contributed by atoms with Crippen molar-refractivity contribution in [3.8, 4) is 5.75 Å². The number of aryl methyl sites for hydroxylation is 1. The van der Waals surface area contributed by atoms with Crippen molar-refractivity contribution in [2.45, 2.75) is 19.8 Å². The van der Waals surface area contributed by atoms with Crippen LogP contribution in [0.3, 0.4) is 0 Å². The fourth-order valence-electron chi connectivity index (χ4n) is 2.70. The lowest BCUT2D eigenvalue weighted by Gasteiger charge is -2.18. The molecule has 142 valence electrons. The molecule has 2 amide bonds. The van der Waals surface area contributed by atoms with Crippen molar-refractivity contribution in [3.05, 3.63) is 52.6 Å². The van der Waals surface area contributed by atoms with Crippen LogP contribution >= 0.6 is 11.6 Å². The van der Waals surface area contributed by atoms with Gasteiger partial charge in [0.15, 0.2) is 0 Å². The maximum absolute atomic E-state index is 13.8. The van der Waals surface area contributed by atoms with Crippen LogP contribution in [0.15, 0.2) is 30.3 Å². The molecule has 2 aromatic carbocycles. The number of para-hydroxylation sites is 1. The summed E-state index contributed by atoms with van der Waals surface area (Å²) in [6, 6.07) is 6.43. The van der Waals surface area contributed by atoms with Gasteiger partial charge >= 0.3 is 0 Å². The monoisotopic (exact) mass is 394 g/mol. The molecule has 1 saturated carbocycles. The lowest BCUT2D eigenvalue weighted by molar-refractivity contribution is -0.131. The third-order valence-corrected chi connectivity index (χ3v) is 4.96. The van der Waals surface area contributed by atoms with Crippen LogP contribution in [-0.2, 0) is 9.59 Å². The minimum atomic E-state index is -1.38. The normalized spacial score (nSPS) is 14.4. The molecule has 2 N–H and O–H groups in total. The second-order valence-electron chi connectivity index (χ2n) is 6.39. The summed E-state index contributed by atoms with van der Waals surface area (Å²) in [5.74, 6) is -2.80. The van der Waals surface area contributed by atoms with Gasteiger partial charge in [-0.1, -0.05) is 17.7 Å². The molecule has 2 aromatic rings. The highest BCUT2D eigenvalue weighted by Gasteiger charge is 2.57. The van der Waals surface area contributed by atoms with Crippen molar-refractivity contribution < 1.29 is 23.1 Å². The van der Waals surface area contributed by atoms with E-state index in [9.17, 15) is 18.4 Å². The fourth-order valence-corrected chi connectivity index (χ4v) is 2.86. The predicted molar refractivity (Wildman–Crippen MR) is 98.0 cm³/mol. The van der Waals surface area contributed by atoms with E-state index in [1.807, 2.05) is 0 Å². The van der Waals surface area contributed by atoms with Gasteiger partial charge in [-0.05, 0) is 43.5 Å². The lowest BCUT2D eigenvalue weighted by Crippen LogP contribution is -2.36. The Balaban J connectivity index is 1.81. The van der Waals surface area contributed by atoms with Crippen LogP contribution in [0.4, 0.5) is 20.2 Å². The number of carbonyl (C=O) groups excluding carboxylic acids is 2. The van der Waals surface area contributed by atoms with E-state index in [2.05, 4.69) is 10.6 Å². The topological polar surface area (TPSA) is 67.4 Å². The van der Waals surface area contributed by atoms with E-state index in [1.165, 1.54) is 13.2 Å². The number of hydrogen-bond donors (Lipinski definition) is 2. The van der Waals surface area contributed by atoms with Crippen molar-refractivity contribution in [1.29, 1.82) is 0 Å². The largest absolute Gasteiger partial charge is 0.495 e. The Hall–Kier alpha value is -2.67. The van der Waals surface area contributed by atoms with E-state index in [4.69, 9.17) is 16.3 Å². The highest BCUT2D eigenvalue weighted by atomic mass is 35.5. The number of ether oxygens (including phenoxy) is 1. The Labute approximate surface area is 159 Å². The number of anilines is 2. The number of rotatable bonds is 5. The zero-order valence-electron chi connectivity index (χ0n) is 14.7. The molecule has 5 nitrogen and oxygen atoms in total. The Morgan fingerprint density at radius 3 is 2.26 bits per heavy atom. The van der Waals surface area contributed by atoms with Crippen LogP contribution in [-0.4, -0.2) is 18.9 Å². The minimum absolute atomic E-state index is 0.273. The van der Waals surface area contributed by atoms with Gasteiger partial charge in [0, 0.05) is 11.1 Å². The van der Waals surface area contributed by atoms with Gasteiger partial charge in [0.05, 0.1) is 12.8 Å². The predicted octanol–water partition coefficient (Wildman–Crippen LogP) is 4.29. The van der Waals surface area contributed by atoms with E-state index in [0.29, 0.717) is 16.5 Å². The van der Waals surface area contributed by atoms with Crippen molar-refractivity contribution >= 4 is 34.8 Å². The van der Waals surface area contributed by atoms with Gasteiger partial charge in [-0.3, -0.25) is 9.59 Å². The number of carbonyl (C=O) groups is 2. The summed E-state index contributed by atoms with van der Waals surface area (Å²) in [7, 11) is 1.43. The molecule has 8 heteroatoms. The van der Waals surface area contributed by atoms with E-state index in [-0.39, 0.29) is 12.8 Å². The number of hydrogen-bond acceptors (Lipinski definition) is 3. The smallest absolute Gasteiger partial charge is 0.240 e. The van der Waals surface area contributed by atoms with Gasteiger partial charge in [0.1, 0.15) is 28.5 Å². The molecule has 0 heterocycles. The molecule has 1 aliphatic rings. The van der Waals surface area contributed by atoms with Crippen LogP contribution in [0.25, 0.3) is 0 Å². The SMILES string of the molecule is COc1cc(Cl)c(C)cc1NC(=O)C1(C(=O)Nc2c(F)cccc2F)CC1. The molecule has 0 bridgehead atoms. The van der Waals surface area contributed by atoms with Crippen molar-refractivity contribution in [3.63, 3.8) is 0 Å². The van der Waals surface area contributed by atoms with E-state index >= 15 is 0 Å². The third kappa shape index (κ3) is 3.60. The summed E-state index contributed by atoms with van der Waals surface area (Å²) in [6.45, 7) is 1.76. The van der Waals surface area contributed by atoms with Gasteiger partial charge in [-0.25, -0.2) is 8.78 Å². The molecule has 3 rings (SSSR count).